The Hall–Kier alpha value is -3.15. The molecule has 6 heteroatoms. The van der Waals surface area contributed by atoms with E-state index in [1.165, 1.54) is 51.4 Å². The molecule has 2 amide bonds. The summed E-state index contributed by atoms with van der Waals surface area (Å²) in [5.74, 6) is 6.43. The number of hydrogen-bond donors (Lipinski definition) is 3. The van der Waals surface area contributed by atoms with E-state index < -0.39 is 0 Å². The zero-order valence-electron chi connectivity index (χ0n) is 23.7. The lowest BCUT2D eigenvalue weighted by molar-refractivity contribution is -0.140. The topological polar surface area (TPSA) is 86.9 Å². The van der Waals surface area contributed by atoms with Gasteiger partial charge in [0.05, 0.1) is 16.4 Å². The number of amides is 2. The number of aromatic amines is 1. The summed E-state index contributed by atoms with van der Waals surface area (Å²) in [7, 11) is 0. The third-order valence-electron chi connectivity index (χ3n) is 12.2. The predicted molar refractivity (Wildman–Crippen MR) is 159 cm³/mol. The van der Waals surface area contributed by atoms with E-state index in [-0.39, 0.29) is 17.2 Å². The van der Waals surface area contributed by atoms with Crippen LogP contribution in [-0.4, -0.2) is 27.8 Å². The summed E-state index contributed by atoms with van der Waals surface area (Å²) in [5.41, 5.74) is 4.09. The van der Waals surface area contributed by atoms with Crippen LogP contribution in [0.25, 0.3) is 22.4 Å². The Morgan fingerprint density at radius 3 is 2.00 bits per heavy atom. The van der Waals surface area contributed by atoms with E-state index in [4.69, 9.17) is 4.98 Å². The molecule has 0 atom stereocenters. The number of hydrogen-bond acceptors (Lipinski definition) is 3. The minimum absolute atomic E-state index is 0.0352. The third-order valence-corrected chi connectivity index (χ3v) is 12.2. The summed E-state index contributed by atoms with van der Waals surface area (Å²) in [6.07, 6.45) is 13.8. The van der Waals surface area contributed by atoms with Gasteiger partial charge in [-0.15, -0.1) is 0 Å². The van der Waals surface area contributed by atoms with Gasteiger partial charge in [0.2, 0.25) is 5.91 Å². The van der Waals surface area contributed by atoms with E-state index in [1.54, 1.807) is 0 Å². The number of anilines is 1. The Labute approximate surface area is 241 Å². The van der Waals surface area contributed by atoms with Crippen molar-refractivity contribution in [3.63, 3.8) is 0 Å². The minimum Gasteiger partial charge on any atom is -0.349 e. The molecule has 11 rings (SSSR count). The fourth-order valence-corrected chi connectivity index (χ4v) is 11.0. The molecule has 8 aliphatic rings. The van der Waals surface area contributed by atoms with E-state index in [0.717, 1.165) is 77.0 Å². The van der Waals surface area contributed by atoms with Crippen LogP contribution in [0.1, 0.15) is 81.0 Å². The average Bonchev–Trinajstić information content (AvgIpc) is 3.38. The lowest BCUT2D eigenvalue weighted by Crippen LogP contribution is -2.55. The van der Waals surface area contributed by atoms with Gasteiger partial charge in [-0.3, -0.25) is 9.59 Å². The van der Waals surface area contributed by atoms with Gasteiger partial charge in [-0.1, -0.05) is 0 Å². The van der Waals surface area contributed by atoms with Crippen LogP contribution in [0.2, 0.25) is 0 Å². The van der Waals surface area contributed by atoms with Gasteiger partial charge in [-0.2, -0.15) is 0 Å². The quantitative estimate of drug-likeness (QED) is 0.323. The molecule has 0 unspecified atom stereocenters. The SMILES string of the molecule is O=C(NC1C2C[C@H]3C[C@@H](C2)C[C@@H]1C3)c1ccc2[nH]c(-c3ccc(NC(=O)C45CC6CC(CC(C6)C4)C5)cc3)nc2c1. The van der Waals surface area contributed by atoms with Crippen molar-refractivity contribution in [2.24, 2.45) is 46.8 Å². The van der Waals surface area contributed by atoms with Gasteiger partial charge in [0.1, 0.15) is 5.82 Å². The van der Waals surface area contributed by atoms with Crippen molar-refractivity contribution in [1.29, 1.82) is 0 Å². The Kier molecular flexibility index (Phi) is 5.32. The van der Waals surface area contributed by atoms with Crippen molar-refractivity contribution in [1.82, 2.24) is 15.3 Å². The highest BCUT2D eigenvalue weighted by molar-refractivity contribution is 5.98. The molecule has 6 nitrogen and oxygen atoms in total. The van der Waals surface area contributed by atoms with Crippen LogP contribution in [0, 0.1) is 46.8 Å². The minimum atomic E-state index is -0.147. The Morgan fingerprint density at radius 1 is 0.756 bits per heavy atom. The number of rotatable bonds is 5. The highest BCUT2D eigenvalue weighted by Crippen LogP contribution is 2.60. The second kappa shape index (κ2) is 8.92. The number of nitrogens with one attached hydrogen (secondary N) is 3. The molecule has 0 spiro atoms. The van der Waals surface area contributed by atoms with Crippen LogP contribution in [0.5, 0.6) is 0 Å². The molecule has 0 radical (unpaired) electrons. The maximum absolute atomic E-state index is 13.5. The van der Waals surface area contributed by atoms with Crippen molar-refractivity contribution in [2.75, 3.05) is 5.32 Å². The highest BCUT2D eigenvalue weighted by atomic mass is 16.2. The van der Waals surface area contributed by atoms with Gasteiger partial charge < -0.3 is 15.6 Å². The second-order valence-corrected chi connectivity index (χ2v) is 15.0. The van der Waals surface area contributed by atoms with Crippen LogP contribution >= 0.6 is 0 Å². The zero-order valence-corrected chi connectivity index (χ0v) is 23.7. The van der Waals surface area contributed by atoms with Crippen molar-refractivity contribution < 1.29 is 9.59 Å². The number of benzene rings is 2. The Morgan fingerprint density at radius 2 is 1.37 bits per heavy atom. The Balaban J connectivity index is 0.890. The molecule has 212 valence electrons. The van der Waals surface area contributed by atoms with Crippen molar-refractivity contribution in [3.8, 4) is 11.4 Å². The standard InChI is InChI=1S/C35H40N4O2/c40-33(39-31-26-11-19-7-20(13-26)14-27(31)12-19)25-3-6-29-30(15-25)38-32(37-29)24-1-4-28(5-2-24)36-34(41)35-16-21-8-22(17-35)10-23(9-21)18-35/h1-6,15,19-23,26-27,31H,7-14,16-18H2,(H,36,41)(H,37,38)(H,39,40)/t19-,20+,21?,22?,23?,26-,27?,31?,35?. The van der Waals surface area contributed by atoms with Crippen LogP contribution in [-0.2, 0) is 4.79 Å². The van der Waals surface area contributed by atoms with E-state index in [1.807, 2.05) is 42.5 Å². The molecule has 1 heterocycles. The molecule has 0 aliphatic heterocycles. The largest absolute Gasteiger partial charge is 0.349 e. The van der Waals surface area contributed by atoms with E-state index >= 15 is 0 Å². The van der Waals surface area contributed by atoms with Crippen LogP contribution in [0.15, 0.2) is 42.5 Å². The van der Waals surface area contributed by atoms with E-state index in [9.17, 15) is 9.59 Å². The fraction of sp³-hybridized carbons (Fsp3) is 0.571. The lowest BCUT2D eigenvalue weighted by Gasteiger charge is -2.55. The molecule has 8 bridgehead atoms. The van der Waals surface area contributed by atoms with Gasteiger partial charge in [-0.05, 0) is 155 Å². The zero-order chi connectivity index (χ0) is 27.3. The van der Waals surface area contributed by atoms with Crippen molar-refractivity contribution >= 4 is 28.5 Å². The number of aromatic nitrogens is 2. The fourth-order valence-electron chi connectivity index (χ4n) is 11.0. The monoisotopic (exact) mass is 548 g/mol. The number of imidazole rings is 1. The first-order chi connectivity index (χ1) is 20.0. The summed E-state index contributed by atoms with van der Waals surface area (Å²) < 4.78 is 0. The van der Waals surface area contributed by atoms with Gasteiger partial charge in [0, 0.05) is 22.9 Å². The summed E-state index contributed by atoms with van der Waals surface area (Å²) in [4.78, 5) is 35.0. The lowest BCUT2D eigenvalue weighted by atomic mass is 9.49. The molecule has 8 aliphatic carbocycles. The molecular weight excluding hydrogens is 508 g/mol. The normalized spacial score (nSPS) is 38.0. The summed E-state index contributed by atoms with van der Waals surface area (Å²) in [6.45, 7) is 0. The molecule has 0 saturated heterocycles. The summed E-state index contributed by atoms with van der Waals surface area (Å²) >= 11 is 0. The van der Waals surface area contributed by atoms with Crippen LogP contribution < -0.4 is 10.6 Å². The van der Waals surface area contributed by atoms with Crippen molar-refractivity contribution in [2.45, 2.75) is 76.7 Å². The van der Waals surface area contributed by atoms with Gasteiger partial charge in [0.25, 0.3) is 5.91 Å². The third kappa shape index (κ3) is 4.07. The summed E-state index contributed by atoms with van der Waals surface area (Å²) in [5, 5.41) is 6.70. The maximum atomic E-state index is 13.5. The highest BCUT2D eigenvalue weighted by Gasteiger charge is 2.54. The number of fused-ring (bicyclic) bond motifs is 1. The molecule has 8 saturated carbocycles. The summed E-state index contributed by atoms with van der Waals surface area (Å²) in [6, 6.07) is 14.2. The van der Waals surface area contributed by atoms with E-state index in [0.29, 0.717) is 23.4 Å². The van der Waals surface area contributed by atoms with E-state index in [2.05, 4.69) is 15.6 Å². The molecule has 41 heavy (non-hydrogen) atoms. The number of carbonyl (C=O) groups is 2. The molecule has 3 N–H and O–H groups in total. The number of nitrogens with zero attached hydrogens (tertiary/aromatic N) is 1. The number of carbonyl (C=O) groups excluding carboxylic acids is 2. The second-order valence-electron chi connectivity index (χ2n) is 15.0. The molecular formula is C35H40N4O2. The van der Waals surface area contributed by atoms with Gasteiger partial charge in [0.15, 0.2) is 0 Å². The first-order valence-electron chi connectivity index (χ1n) is 16.2. The maximum Gasteiger partial charge on any atom is 0.251 e. The molecule has 3 aromatic rings. The first-order valence-corrected chi connectivity index (χ1v) is 16.2. The average molecular weight is 549 g/mol. The van der Waals surface area contributed by atoms with Gasteiger partial charge in [-0.25, -0.2) is 4.98 Å². The van der Waals surface area contributed by atoms with Crippen LogP contribution in [0.3, 0.4) is 0 Å². The first kappa shape index (κ1) is 24.4. The molecule has 2 aromatic carbocycles. The number of H-pyrrole nitrogens is 1. The molecule has 1 aromatic heterocycles. The van der Waals surface area contributed by atoms with Gasteiger partial charge >= 0.3 is 0 Å². The van der Waals surface area contributed by atoms with Crippen molar-refractivity contribution in [3.05, 3.63) is 48.0 Å². The smallest absolute Gasteiger partial charge is 0.251 e. The van der Waals surface area contributed by atoms with Crippen LogP contribution in [0.4, 0.5) is 5.69 Å². The predicted octanol–water partition coefficient (Wildman–Crippen LogP) is 6.94. The molecule has 8 fully saturated rings. The Bertz CT molecular complexity index is 1470.